The summed E-state index contributed by atoms with van der Waals surface area (Å²) in [4.78, 5) is 3.70. The molecule has 0 amide bonds. The molecular weight excluding hydrogens is 178 g/mol. The number of nitrogens with zero attached hydrogens (tertiary/aromatic N) is 1. The van der Waals surface area contributed by atoms with Crippen molar-refractivity contribution in [2.75, 3.05) is 12.8 Å². The molecule has 0 aromatic carbocycles. The van der Waals surface area contributed by atoms with E-state index in [1.807, 2.05) is 0 Å². The second-order valence-corrected chi connectivity index (χ2v) is 2.58. The predicted octanol–water partition coefficient (Wildman–Crippen LogP) is 1.92. The molecule has 0 saturated heterocycles. The molecular formula is C8H10F2N2O. The van der Waals surface area contributed by atoms with Crippen LogP contribution in [0.4, 0.5) is 14.5 Å². The van der Waals surface area contributed by atoms with Crippen molar-refractivity contribution < 1.29 is 13.5 Å². The van der Waals surface area contributed by atoms with Crippen LogP contribution in [0.1, 0.15) is 17.6 Å². The van der Waals surface area contributed by atoms with E-state index in [-0.39, 0.29) is 17.1 Å². The Morgan fingerprint density at radius 2 is 2.15 bits per heavy atom. The molecule has 72 valence electrons. The largest absolute Gasteiger partial charge is 0.481 e. The summed E-state index contributed by atoms with van der Waals surface area (Å²) in [6.45, 7) is 1.62. The van der Waals surface area contributed by atoms with E-state index < -0.39 is 6.43 Å². The van der Waals surface area contributed by atoms with Crippen molar-refractivity contribution in [3.8, 4) is 5.88 Å². The van der Waals surface area contributed by atoms with E-state index in [0.29, 0.717) is 5.56 Å². The summed E-state index contributed by atoms with van der Waals surface area (Å²) in [7, 11) is 1.28. The maximum absolute atomic E-state index is 12.5. The topological polar surface area (TPSA) is 48.1 Å². The van der Waals surface area contributed by atoms with Crippen molar-refractivity contribution in [3.63, 3.8) is 0 Å². The maximum Gasteiger partial charge on any atom is 0.271 e. The van der Waals surface area contributed by atoms with Crippen LogP contribution in [-0.4, -0.2) is 12.1 Å². The average Bonchev–Trinajstić information content (AvgIpc) is 2.08. The van der Waals surface area contributed by atoms with Gasteiger partial charge in [-0.15, -0.1) is 0 Å². The minimum atomic E-state index is -2.66. The fourth-order valence-corrected chi connectivity index (χ4v) is 0.996. The van der Waals surface area contributed by atoms with Crippen molar-refractivity contribution in [1.29, 1.82) is 0 Å². The van der Waals surface area contributed by atoms with Crippen molar-refractivity contribution >= 4 is 5.69 Å². The minimum absolute atomic E-state index is 0.0434. The van der Waals surface area contributed by atoms with Gasteiger partial charge in [-0.3, -0.25) is 0 Å². The Kier molecular flexibility index (Phi) is 2.65. The highest BCUT2D eigenvalue weighted by Crippen LogP contribution is 2.33. The molecule has 0 aliphatic heterocycles. The molecule has 0 bridgehead atoms. The number of hydrogen-bond acceptors (Lipinski definition) is 3. The van der Waals surface area contributed by atoms with Gasteiger partial charge in [0, 0.05) is 6.20 Å². The van der Waals surface area contributed by atoms with Gasteiger partial charge in [0.25, 0.3) is 6.43 Å². The van der Waals surface area contributed by atoms with Gasteiger partial charge in [0.1, 0.15) is 5.56 Å². The molecule has 0 radical (unpaired) electrons. The molecule has 0 spiro atoms. The lowest BCUT2D eigenvalue weighted by molar-refractivity contribution is 0.147. The highest BCUT2D eigenvalue weighted by molar-refractivity contribution is 5.56. The second kappa shape index (κ2) is 3.55. The standard InChI is InChI=1S/C8H10F2N2O/c1-4-3-12-8(13-2)5(6(4)11)7(9)10/h3,7H,1-2H3,(H2,11,12). The Balaban J connectivity index is 3.32. The van der Waals surface area contributed by atoms with Crippen LogP contribution < -0.4 is 10.5 Å². The Labute approximate surface area is 74.5 Å². The summed E-state index contributed by atoms with van der Waals surface area (Å²) in [6.07, 6.45) is -1.26. The fraction of sp³-hybridized carbons (Fsp3) is 0.375. The molecule has 1 heterocycles. The number of ether oxygens (including phenoxy) is 1. The molecule has 1 aromatic heterocycles. The normalized spacial score (nSPS) is 10.5. The third-order valence-electron chi connectivity index (χ3n) is 1.73. The van der Waals surface area contributed by atoms with Gasteiger partial charge in [0.05, 0.1) is 12.8 Å². The molecule has 2 N–H and O–H groups in total. The lowest BCUT2D eigenvalue weighted by atomic mass is 10.1. The number of halogens is 2. The number of methoxy groups -OCH3 is 1. The number of aromatic nitrogens is 1. The number of anilines is 1. The first-order valence-electron chi connectivity index (χ1n) is 3.65. The number of aryl methyl sites for hydroxylation is 1. The van der Waals surface area contributed by atoms with E-state index in [4.69, 9.17) is 5.73 Å². The highest BCUT2D eigenvalue weighted by atomic mass is 19.3. The zero-order valence-electron chi connectivity index (χ0n) is 7.34. The molecule has 0 aliphatic carbocycles. The quantitative estimate of drug-likeness (QED) is 0.771. The smallest absolute Gasteiger partial charge is 0.271 e. The lowest BCUT2D eigenvalue weighted by Gasteiger charge is -2.10. The number of alkyl halides is 2. The van der Waals surface area contributed by atoms with E-state index in [9.17, 15) is 8.78 Å². The monoisotopic (exact) mass is 188 g/mol. The molecule has 13 heavy (non-hydrogen) atoms. The zero-order chi connectivity index (χ0) is 10.0. The van der Waals surface area contributed by atoms with Gasteiger partial charge >= 0.3 is 0 Å². The van der Waals surface area contributed by atoms with Gasteiger partial charge in [0.15, 0.2) is 0 Å². The number of nitrogen functional groups attached to an aromatic ring is 1. The summed E-state index contributed by atoms with van der Waals surface area (Å²) in [5.74, 6) is -0.113. The summed E-state index contributed by atoms with van der Waals surface area (Å²) in [6, 6.07) is 0. The highest BCUT2D eigenvalue weighted by Gasteiger charge is 2.19. The predicted molar refractivity (Wildman–Crippen MR) is 44.9 cm³/mol. The average molecular weight is 188 g/mol. The van der Waals surface area contributed by atoms with Crippen LogP contribution in [0.25, 0.3) is 0 Å². The van der Waals surface area contributed by atoms with Gasteiger partial charge in [-0.05, 0) is 12.5 Å². The first kappa shape index (κ1) is 9.70. The Hall–Kier alpha value is -1.39. The van der Waals surface area contributed by atoms with E-state index >= 15 is 0 Å². The summed E-state index contributed by atoms with van der Waals surface area (Å²) in [5.41, 5.74) is 5.70. The Morgan fingerprint density at radius 1 is 1.54 bits per heavy atom. The maximum atomic E-state index is 12.5. The summed E-state index contributed by atoms with van der Waals surface area (Å²) in [5, 5.41) is 0. The Morgan fingerprint density at radius 3 is 2.62 bits per heavy atom. The minimum Gasteiger partial charge on any atom is -0.481 e. The van der Waals surface area contributed by atoms with E-state index in [0.717, 1.165) is 0 Å². The molecule has 0 aliphatic rings. The molecule has 5 heteroatoms. The number of nitrogens with two attached hydrogens (primary N) is 1. The van der Waals surface area contributed by atoms with E-state index in [2.05, 4.69) is 9.72 Å². The summed E-state index contributed by atoms with van der Waals surface area (Å²) < 4.78 is 29.6. The van der Waals surface area contributed by atoms with E-state index in [1.165, 1.54) is 13.3 Å². The molecule has 0 saturated carbocycles. The third kappa shape index (κ3) is 1.68. The molecule has 3 nitrogen and oxygen atoms in total. The van der Waals surface area contributed by atoms with Gasteiger partial charge in [-0.1, -0.05) is 0 Å². The van der Waals surface area contributed by atoms with Crippen molar-refractivity contribution in [2.45, 2.75) is 13.3 Å². The van der Waals surface area contributed by atoms with Crippen molar-refractivity contribution in [1.82, 2.24) is 4.98 Å². The SMILES string of the molecule is COc1ncc(C)c(N)c1C(F)F. The number of hydrogen-bond donors (Lipinski definition) is 1. The molecule has 0 fully saturated rings. The number of rotatable bonds is 2. The third-order valence-corrected chi connectivity index (χ3v) is 1.73. The van der Waals surface area contributed by atoms with Gasteiger partial charge in [-0.2, -0.15) is 0 Å². The van der Waals surface area contributed by atoms with Crippen LogP contribution in [0.2, 0.25) is 0 Å². The van der Waals surface area contributed by atoms with Crippen LogP contribution in [0, 0.1) is 6.92 Å². The second-order valence-electron chi connectivity index (χ2n) is 2.58. The van der Waals surface area contributed by atoms with Gasteiger partial charge < -0.3 is 10.5 Å². The van der Waals surface area contributed by atoms with Crippen LogP contribution in [0.5, 0.6) is 5.88 Å². The zero-order valence-corrected chi connectivity index (χ0v) is 7.34. The molecule has 0 atom stereocenters. The molecule has 1 aromatic rings. The van der Waals surface area contributed by atoms with Crippen LogP contribution in [0.3, 0.4) is 0 Å². The summed E-state index contributed by atoms with van der Waals surface area (Å²) >= 11 is 0. The molecule has 0 unspecified atom stereocenters. The van der Waals surface area contributed by atoms with Crippen LogP contribution in [0.15, 0.2) is 6.20 Å². The first-order chi connectivity index (χ1) is 6.07. The van der Waals surface area contributed by atoms with Crippen LogP contribution in [-0.2, 0) is 0 Å². The van der Waals surface area contributed by atoms with E-state index in [1.54, 1.807) is 6.92 Å². The fourth-order valence-electron chi connectivity index (χ4n) is 0.996. The molecule has 1 rings (SSSR count). The van der Waals surface area contributed by atoms with Gasteiger partial charge in [-0.25, -0.2) is 13.8 Å². The van der Waals surface area contributed by atoms with Gasteiger partial charge in [0.2, 0.25) is 5.88 Å². The number of pyridine rings is 1. The Bertz CT molecular complexity index is 315. The van der Waals surface area contributed by atoms with Crippen LogP contribution >= 0.6 is 0 Å². The lowest BCUT2D eigenvalue weighted by Crippen LogP contribution is -2.03. The first-order valence-corrected chi connectivity index (χ1v) is 3.65. The van der Waals surface area contributed by atoms with Crippen molar-refractivity contribution in [3.05, 3.63) is 17.3 Å². The van der Waals surface area contributed by atoms with Crippen molar-refractivity contribution in [2.24, 2.45) is 0 Å².